The largest absolute Gasteiger partial charge is 0.502 e. The number of hydrogen-bond acceptors (Lipinski definition) is 4. The molecule has 0 spiro atoms. The maximum atomic E-state index is 12.9. The van der Waals surface area contributed by atoms with Crippen LogP contribution in [0.15, 0.2) is 12.3 Å². The number of thioether (sulfide) groups is 1. The number of carbonyl (C=O) groups excluding carboxylic acids is 1. The number of rotatable bonds is 6. The molecule has 0 bridgehead atoms. The van der Waals surface area contributed by atoms with E-state index in [4.69, 9.17) is 0 Å². The summed E-state index contributed by atoms with van der Waals surface area (Å²) in [6.45, 7) is 0.800. The lowest BCUT2D eigenvalue weighted by Crippen LogP contribution is -2.55. The molecule has 0 aliphatic carbocycles. The van der Waals surface area contributed by atoms with E-state index in [-0.39, 0.29) is 12.6 Å². The molecule has 0 aromatic rings. The summed E-state index contributed by atoms with van der Waals surface area (Å²) in [6.07, 6.45) is -1.89. The molecule has 128 valence electrons. The molecule has 1 aliphatic rings. The van der Waals surface area contributed by atoms with E-state index in [0.29, 0.717) is 6.08 Å². The molecular weight excluding hydrogens is 321 g/mol. The molecule has 0 radical (unpaired) electrons. The third kappa shape index (κ3) is 5.96. The number of halogens is 3. The summed E-state index contributed by atoms with van der Waals surface area (Å²) in [7, 11) is 0. The summed E-state index contributed by atoms with van der Waals surface area (Å²) in [5, 5.41) is 14.4. The van der Waals surface area contributed by atoms with Crippen molar-refractivity contribution in [1.29, 1.82) is 0 Å². The average molecular weight is 342 g/mol. The zero-order chi connectivity index (χ0) is 16.6. The first kappa shape index (κ1) is 19.0. The molecule has 0 aromatic carbocycles. The Hall–Kier alpha value is -1.09. The van der Waals surface area contributed by atoms with E-state index in [2.05, 4.69) is 15.4 Å². The second-order valence-corrected chi connectivity index (χ2v) is 6.07. The lowest BCUT2D eigenvalue weighted by molar-refractivity contribution is -0.237. The van der Waals surface area contributed by atoms with E-state index in [1.807, 2.05) is 0 Å². The number of hydrogen-bond donors (Lipinski definition) is 3. The van der Waals surface area contributed by atoms with Gasteiger partial charge in [0.15, 0.2) is 5.60 Å². The predicted octanol–water partition coefficient (Wildman–Crippen LogP) is 2.02. The topological polar surface area (TPSA) is 70.6 Å². The number of nitrogens with one attached hydrogen (secondary N) is 2. The molecule has 1 heterocycles. The maximum Gasteiger partial charge on any atom is 0.422 e. The van der Waals surface area contributed by atoms with Gasteiger partial charge in [0.1, 0.15) is 0 Å². The number of alkyl halides is 3. The smallest absolute Gasteiger partial charge is 0.422 e. The quantitative estimate of drug-likeness (QED) is 0.646. The van der Waals surface area contributed by atoms with Crippen molar-refractivity contribution < 1.29 is 27.8 Å². The Morgan fingerprint density at radius 3 is 2.77 bits per heavy atom. The number of aliphatic hydroxyl groups is 1. The second-order valence-electron chi connectivity index (χ2n) is 4.92. The summed E-state index contributed by atoms with van der Waals surface area (Å²) < 4.78 is 43.4. The van der Waals surface area contributed by atoms with Crippen LogP contribution in [-0.2, 0) is 4.74 Å². The van der Waals surface area contributed by atoms with Crippen LogP contribution >= 0.6 is 11.8 Å². The number of ether oxygens (including phenoxy) is 1. The van der Waals surface area contributed by atoms with E-state index < -0.39 is 24.4 Å². The van der Waals surface area contributed by atoms with Crippen molar-refractivity contribution in [2.75, 3.05) is 24.7 Å². The molecule has 5 nitrogen and oxygen atoms in total. The lowest BCUT2D eigenvalue weighted by atomic mass is 10.0. The van der Waals surface area contributed by atoms with Crippen molar-refractivity contribution in [1.82, 2.24) is 10.6 Å². The molecule has 0 saturated carbocycles. The van der Waals surface area contributed by atoms with E-state index in [1.54, 1.807) is 18.7 Å². The normalized spacial score (nSPS) is 22.1. The van der Waals surface area contributed by atoms with E-state index in [0.717, 1.165) is 30.6 Å². The van der Waals surface area contributed by atoms with Crippen molar-refractivity contribution in [3.63, 3.8) is 0 Å². The van der Waals surface area contributed by atoms with Crippen LogP contribution in [0.5, 0.6) is 0 Å². The minimum atomic E-state index is -4.92. The number of carbonyl (C=O) groups is 1. The fourth-order valence-electron chi connectivity index (χ4n) is 1.82. The zero-order valence-corrected chi connectivity index (χ0v) is 13.1. The van der Waals surface area contributed by atoms with Crippen LogP contribution in [0.2, 0.25) is 0 Å². The Balaban J connectivity index is 2.53. The summed E-state index contributed by atoms with van der Waals surface area (Å²) in [6, 6.07) is -0.781. The van der Waals surface area contributed by atoms with Gasteiger partial charge in [0.25, 0.3) is 0 Å². The van der Waals surface area contributed by atoms with Gasteiger partial charge < -0.3 is 20.5 Å². The van der Waals surface area contributed by atoms with Crippen LogP contribution in [-0.4, -0.2) is 53.6 Å². The van der Waals surface area contributed by atoms with Crippen LogP contribution in [0.3, 0.4) is 0 Å². The number of amides is 2. The highest BCUT2D eigenvalue weighted by Crippen LogP contribution is 2.31. The van der Waals surface area contributed by atoms with Crippen LogP contribution in [0.25, 0.3) is 0 Å². The van der Waals surface area contributed by atoms with E-state index in [1.165, 1.54) is 0 Å². The third-order valence-electron chi connectivity index (χ3n) is 3.11. The Morgan fingerprint density at radius 2 is 2.23 bits per heavy atom. The van der Waals surface area contributed by atoms with Gasteiger partial charge in [-0.15, -0.1) is 0 Å². The molecule has 1 rings (SSSR count). The van der Waals surface area contributed by atoms with Crippen LogP contribution < -0.4 is 10.6 Å². The highest BCUT2D eigenvalue weighted by atomic mass is 32.2. The Morgan fingerprint density at radius 1 is 1.50 bits per heavy atom. The highest BCUT2D eigenvalue weighted by molar-refractivity contribution is 7.99. The van der Waals surface area contributed by atoms with Crippen LogP contribution in [0.4, 0.5) is 18.0 Å². The fraction of sp³-hybridized carbons (Fsp3) is 0.769. The van der Waals surface area contributed by atoms with Gasteiger partial charge in [0.2, 0.25) is 0 Å². The van der Waals surface area contributed by atoms with Gasteiger partial charge in [0, 0.05) is 11.8 Å². The highest BCUT2D eigenvalue weighted by Gasteiger charge is 2.52. The first-order chi connectivity index (χ1) is 10.3. The van der Waals surface area contributed by atoms with Gasteiger partial charge in [-0.1, -0.05) is 0 Å². The van der Waals surface area contributed by atoms with E-state index >= 15 is 0 Å². The van der Waals surface area contributed by atoms with Gasteiger partial charge in [-0.2, -0.15) is 24.9 Å². The molecule has 2 amide bonds. The molecule has 22 heavy (non-hydrogen) atoms. The third-order valence-corrected chi connectivity index (χ3v) is 4.33. The first-order valence-electron chi connectivity index (χ1n) is 6.99. The molecule has 1 aliphatic heterocycles. The Kier molecular flexibility index (Phi) is 7.34. The van der Waals surface area contributed by atoms with Gasteiger partial charge in [-0.25, -0.2) is 4.79 Å². The van der Waals surface area contributed by atoms with Crippen LogP contribution in [0.1, 0.15) is 19.8 Å². The van der Waals surface area contributed by atoms with Gasteiger partial charge in [-0.3, -0.25) is 0 Å². The zero-order valence-electron chi connectivity index (χ0n) is 12.3. The second kappa shape index (κ2) is 8.52. The van der Waals surface area contributed by atoms with Gasteiger partial charge in [-0.05, 0) is 31.6 Å². The average Bonchev–Trinajstić information content (AvgIpc) is 2.45. The number of urea groups is 1. The SMILES string of the molecule is CCO/C=C/[C@@](O)(CNC(=O)N[C@H]1CCCSC1)C(F)(F)F. The van der Waals surface area contributed by atoms with E-state index in [9.17, 15) is 23.1 Å². The van der Waals surface area contributed by atoms with Crippen molar-refractivity contribution in [3.05, 3.63) is 12.3 Å². The molecular formula is C13H21F3N2O3S. The monoisotopic (exact) mass is 342 g/mol. The molecule has 9 heteroatoms. The molecule has 2 atom stereocenters. The van der Waals surface area contributed by atoms with Crippen molar-refractivity contribution in [3.8, 4) is 0 Å². The minimum Gasteiger partial charge on any atom is -0.502 e. The fourth-order valence-corrected chi connectivity index (χ4v) is 2.89. The summed E-state index contributed by atoms with van der Waals surface area (Å²) in [5.74, 6) is 1.76. The summed E-state index contributed by atoms with van der Waals surface area (Å²) in [5.41, 5.74) is -3.17. The van der Waals surface area contributed by atoms with Gasteiger partial charge >= 0.3 is 12.2 Å². The lowest BCUT2D eigenvalue weighted by Gasteiger charge is -2.28. The first-order valence-corrected chi connectivity index (χ1v) is 8.14. The standard InChI is InChI=1S/C13H21F3N2O3S/c1-2-21-6-5-12(20,13(14,15)16)9-17-11(19)18-10-4-3-7-22-8-10/h5-6,10,20H,2-4,7-9H2,1H3,(H2,17,18,19)/b6-5+/t10-,12+/m0/s1. The minimum absolute atomic E-state index is 0.0586. The molecule has 0 unspecified atom stereocenters. The van der Waals surface area contributed by atoms with Crippen molar-refractivity contribution >= 4 is 17.8 Å². The molecule has 1 fully saturated rings. The molecule has 3 N–H and O–H groups in total. The van der Waals surface area contributed by atoms with Gasteiger partial charge in [0.05, 0.1) is 19.4 Å². The molecule has 1 saturated heterocycles. The Bertz CT molecular complexity index is 387. The van der Waals surface area contributed by atoms with Crippen LogP contribution in [0, 0.1) is 0 Å². The van der Waals surface area contributed by atoms with Crippen molar-refractivity contribution in [2.45, 2.75) is 37.6 Å². The predicted molar refractivity (Wildman–Crippen MR) is 78.7 cm³/mol. The van der Waals surface area contributed by atoms with Crippen molar-refractivity contribution in [2.24, 2.45) is 0 Å². The maximum absolute atomic E-state index is 12.9. The Labute approximate surface area is 131 Å². The summed E-state index contributed by atoms with van der Waals surface area (Å²) in [4.78, 5) is 11.6. The summed E-state index contributed by atoms with van der Waals surface area (Å²) >= 11 is 1.69. The molecule has 0 aromatic heterocycles.